The highest BCUT2D eigenvalue weighted by molar-refractivity contribution is 5.76. The summed E-state index contributed by atoms with van der Waals surface area (Å²) in [6, 6.07) is 3.40. The first kappa shape index (κ1) is 15.2. The third-order valence-electron chi connectivity index (χ3n) is 3.61. The first-order valence-electron chi connectivity index (χ1n) is 7.39. The van der Waals surface area contributed by atoms with Gasteiger partial charge in [-0.1, -0.05) is 0 Å². The van der Waals surface area contributed by atoms with Gasteiger partial charge in [-0.3, -0.25) is 4.79 Å². The summed E-state index contributed by atoms with van der Waals surface area (Å²) in [4.78, 5) is 17.9. The third-order valence-corrected chi connectivity index (χ3v) is 3.61. The first-order chi connectivity index (χ1) is 11.2. The summed E-state index contributed by atoms with van der Waals surface area (Å²) in [7, 11) is 1.53. The molecule has 0 aromatic carbocycles. The van der Waals surface area contributed by atoms with Crippen molar-refractivity contribution in [2.45, 2.75) is 25.5 Å². The second-order valence-corrected chi connectivity index (χ2v) is 5.23. The summed E-state index contributed by atoms with van der Waals surface area (Å²) in [5.74, 6) is 0.872. The van der Waals surface area contributed by atoms with Crippen LogP contribution < -0.4 is 9.47 Å². The van der Waals surface area contributed by atoms with E-state index in [-0.39, 0.29) is 18.6 Å². The molecule has 0 radical (unpaired) electrons. The van der Waals surface area contributed by atoms with Crippen LogP contribution in [0.2, 0.25) is 0 Å². The summed E-state index contributed by atoms with van der Waals surface area (Å²) < 4.78 is 12.3. The van der Waals surface area contributed by atoms with Gasteiger partial charge in [-0.2, -0.15) is 5.10 Å². The number of aromatic nitrogens is 5. The largest absolute Gasteiger partial charge is 0.480 e. The summed E-state index contributed by atoms with van der Waals surface area (Å²) >= 11 is 0. The number of hydrogen-bond acceptors (Lipinski definition) is 7. The van der Waals surface area contributed by atoms with Gasteiger partial charge in [-0.15, -0.1) is 10.2 Å². The van der Waals surface area contributed by atoms with Gasteiger partial charge < -0.3 is 14.4 Å². The number of carbonyl (C=O) groups excluding carboxylic acids is 1. The third kappa shape index (κ3) is 3.93. The van der Waals surface area contributed by atoms with Crippen LogP contribution in [0.5, 0.6) is 11.8 Å². The number of nitrogens with zero attached hydrogens (tertiary/aromatic N) is 6. The number of amides is 1. The van der Waals surface area contributed by atoms with E-state index < -0.39 is 0 Å². The molecule has 0 spiro atoms. The fourth-order valence-corrected chi connectivity index (χ4v) is 2.46. The van der Waals surface area contributed by atoms with Crippen LogP contribution in [0.15, 0.2) is 24.8 Å². The van der Waals surface area contributed by atoms with E-state index in [0.29, 0.717) is 18.3 Å². The summed E-state index contributed by atoms with van der Waals surface area (Å²) in [6.45, 7) is 1.44. The van der Waals surface area contributed by atoms with Gasteiger partial charge in [0.05, 0.1) is 13.7 Å². The molecule has 0 N–H and O–H groups in total. The lowest BCUT2D eigenvalue weighted by Gasteiger charge is -2.32. The van der Waals surface area contributed by atoms with Crippen molar-refractivity contribution in [1.82, 2.24) is 29.9 Å². The van der Waals surface area contributed by atoms with Gasteiger partial charge in [0.15, 0.2) is 0 Å². The standard InChI is InChI=1S/C14H18N6O3/c1-22-12-4-5-13(18-17-12)23-11-3-2-6-19(7-11)14(21)8-20-10-15-9-16-20/h4-5,9-11H,2-3,6-8H2,1H3. The molecule has 0 saturated carbocycles. The van der Waals surface area contributed by atoms with E-state index in [1.54, 1.807) is 17.0 Å². The van der Waals surface area contributed by atoms with E-state index >= 15 is 0 Å². The quantitative estimate of drug-likeness (QED) is 0.774. The Morgan fingerprint density at radius 2 is 2.17 bits per heavy atom. The summed E-state index contributed by atoms with van der Waals surface area (Å²) in [6.07, 6.45) is 4.62. The fraction of sp³-hybridized carbons (Fsp3) is 0.500. The molecule has 1 aliphatic rings. The number of methoxy groups -OCH3 is 1. The lowest BCUT2D eigenvalue weighted by Crippen LogP contribution is -2.45. The van der Waals surface area contributed by atoms with Gasteiger partial charge in [-0.25, -0.2) is 9.67 Å². The number of ether oxygens (including phenoxy) is 2. The molecule has 2 aromatic rings. The maximum atomic E-state index is 12.3. The van der Waals surface area contributed by atoms with Gasteiger partial charge in [0.1, 0.15) is 25.3 Å². The Bertz CT molecular complexity index is 630. The van der Waals surface area contributed by atoms with Crippen molar-refractivity contribution in [3.8, 4) is 11.8 Å². The highest BCUT2D eigenvalue weighted by Gasteiger charge is 2.25. The van der Waals surface area contributed by atoms with Crippen molar-refractivity contribution in [2.75, 3.05) is 20.2 Å². The smallest absolute Gasteiger partial charge is 0.244 e. The zero-order chi connectivity index (χ0) is 16.1. The van der Waals surface area contributed by atoms with Crippen LogP contribution >= 0.6 is 0 Å². The van der Waals surface area contributed by atoms with Crippen molar-refractivity contribution in [1.29, 1.82) is 0 Å². The predicted octanol–water partition coefficient (Wildman–Crippen LogP) is 0.147. The predicted molar refractivity (Wildman–Crippen MR) is 78.8 cm³/mol. The number of hydrogen-bond donors (Lipinski definition) is 0. The normalized spacial score (nSPS) is 17.8. The van der Waals surface area contributed by atoms with Crippen molar-refractivity contribution in [3.63, 3.8) is 0 Å². The van der Waals surface area contributed by atoms with Crippen molar-refractivity contribution < 1.29 is 14.3 Å². The SMILES string of the molecule is COc1ccc(OC2CCCN(C(=O)Cn3cncn3)C2)nn1. The number of piperidine rings is 1. The highest BCUT2D eigenvalue weighted by atomic mass is 16.5. The Labute approximate surface area is 133 Å². The summed E-state index contributed by atoms with van der Waals surface area (Å²) in [5, 5.41) is 11.8. The first-order valence-corrected chi connectivity index (χ1v) is 7.39. The molecule has 1 aliphatic heterocycles. The van der Waals surface area contributed by atoms with E-state index in [1.165, 1.54) is 24.4 Å². The van der Waals surface area contributed by atoms with Crippen LogP contribution in [-0.4, -0.2) is 62.1 Å². The molecule has 23 heavy (non-hydrogen) atoms. The number of likely N-dealkylation sites (tertiary alicyclic amines) is 1. The minimum Gasteiger partial charge on any atom is -0.480 e. The fourth-order valence-electron chi connectivity index (χ4n) is 2.46. The van der Waals surface area contributed by atoms with E-state index in [9.17, 15) is 4.79 Å². The maximum Gasteiger partial charge on any atom is 0.244 e. The molecule has 3 rings (SSSR count). The molecular weight excluding hydrogens is 300 g/mol. The van der Waals surface area contributed by atoms with Crippen LogP contribution in [0.3, 0.4) is 0 Å². The molecule has 9 nitrogen and oxygen atoms in total. The van der Waals surface area contributed by atoms with E-state index in [2.05, 4.69) is 20.3 Å². The lowest BCUT2D eigenvalue weighted by molar-refractivity contribution is -0.134. The van der Waals surface area contributed by atoms with Crippen LogP contribution in [0.1, 0.15) is 12.8 Å². The molecule has 1 saturated heterocycles. The topological polar surface area (TPSA) is 95.3 Å². The molecule has 3 heterocycles. The Morgan fingerprint density at radius 3 is 2.87 bits per heavy atom. The highest BCUT2D eigenvalue weighted by Crippen LogP contribution is 2.17. The molecule has 9 heteroatoms. The number of rotatable bonds is 5. The molecular formula is C14H18N6O3. The molecule has 0 aliphatic carbocycles. The Kier molecular flexibility index (Phi) is 4.65. The van der Waals surface area contributed by atoms with Crippen LogP contribution in [0, 0.1) is 0 Å². The second kappa shape index (κ2) is 7.03. The molecule has 1 amide bonds. The number of carbonyl (C=O) groups is 1. The minimum absolute atomic E-state index is 0.00427. The van der Waals surface area contributed by atoms with Crippen LogP contribution in [0.25, 0.3) is 0 Å². The Balaban J connectivity index is 1.55. The maximum absolute atomic E-state index is 12.3. The molecule has 2 aromatic heterocycles. The van der Waals surface area contributed by atoms with E-state index in [4.69, 9.17) is 9.47 Å². The lowest BCUT2D eigenvalue weighted by atomic mass is 10.1. The average molecular weight is 318 g/mol. The van der Waals surface area contributed by atoms with Crippen molar-refractivity contribution in [3.05, 3.63) is 24.8 Å². The second-order valence-electron chi connectivity index (χ2n) is 5.23. The van der Waals surface area contributed by atoms with Crippen LogP contribution in [-0.2, 0) is 11.3 Å². The molecule has 1 fully saturated rings. The Morgan fingerprint density at radius 1 is 1.35 bits per heavy atom. The van der Waals surface area contributed by atoms with Gasteiger partial charge in [0, 0.05) is 18.7 Å². The molecule has 1 atom stereocenters. The molecule has 0 bridgehead atoms. The zero-order valence-electron chi connectivity index (χ0n) is 12.8. The Hall–Kier alpha value is -2.71. The van der Waals surface area contributed by atoms with Gasteiger partial charge in [0.25, 0.3) is 0 Å². The summed E-state index contributed by atoms with van der Waals surface area (Å²) in [5.41, 5.74) is 0. The molecule has 1 unspecified atom stereocenters. The van der Waals surface area contributed by atoms with Crippen molar-refractivity contribution in [2.24, 2.45) is 0 Å². The van der Waals surface area contributed by atoms with E-state index in [0.717, 1.165) is 19.4 Å². The zero-order valence-corrected chi connectivity index (χ0v) is 12.8. The van der Waals surface area contributed by atoms with Gasteiger partial charge in [-0.05, 0) is 12.8 Å². The minimum atomic E-state index is -0.0915. The van der Waals surface area contributed by atoms with Crippen LogP contribution in [0.4, 0.5) is 0 Å². The monoisotopic (exact) mass is 318 g/mol. The van der Waals surface area contributed by atoms with Crippen molar-refractivity contribution >= 4 is 5.91 Å². The average Bonchev–Trinajstić information content (AvgIpc) is 3.09. The molecule has 122 valence electrons. The van der Waals surface area contributed by atoms with Gasteiger partial charge in [0.2, 0.25) is 17.7 Å². The van der Waals surface area contributed by atoms with Gasteiger partial charge >= 0.3 is 0 Å². The van der Waals surface area contributed by atoms with E-state index in [1.807, 2.05) is 0 Å².